The molecule has 0 aromatic carbocycles. The largest absolute Gasteiger partial charge is 0.369 e. The summed E-state index contributed by atoms with van der Waals surface area (Å²) in [5.74, 6) is -0.347. The number of sulfone groups is 1. The minimum absolute atomic E-state index is 0.0474. The molecule has 0 unspecified atom stereocenters. The van der Waals surface area contributed by atoms with Crippen molar-refractivity contribution >= 4 is 21.7 Å². The van der Waals surface area contributed by atoms with E-state index in [-0.39, 0.29) is 42.6 Å². The summed E-state index contributed by atoms with van der Waals surface area (Å²) in [5.41, 5.74) is 5.32. The van der Waals surface area contributed by atoms with E-state index >= 15 is 0 Å². The average molecular weight is 345 g/mol. The molecule has 1 aliphatic carbocycles. The smallest absolute Gasteiger partial charge is 0.237 e. The highest BCUT2D eigenvalue weighted by molar-refractivity contribution is 7.91. The maximum absolute atomic E-state index is 12.7. The fraction of sp³-hybridized carbons (Fsp3) is 0.867. The summed E-state index contributed by atoms with van der Waals surface area (Å²) in [6, 6.07) is -0.0195. The molecule has 132 valence electrons. The number of hydrogen-bond donors (Lipinski definition) is 1. The monoisotopic (exact) mass is 345 g/mol. The summed E-state index contributed by atoms with van der Waals surface area (Å²) in [6.07, 6.45) is 4.66. The van der Waals surface area contributed by atoms with Crippen LogP contribution in [0.3, 0.4) is 0 Å². The average Bonchev–Trinajstić information content (AvgIpc) is 3.08. The minimum Gasteiger partial charge on any atom is -0.369 e. The fourth-order valence-corrected chi connectivity index (χ4v) is 5.44. The first-order chi connectivity index (χ1) is 10.8. The van der Waals surface area contributed by atoms with Gasteiger partial charge in [0.1, 0.15) is 0 Å². The van der Waals surface area contributed by atoms with Crippen molar-refractivity contribution in [2.75, 3.05) is 31.1 Å². The SMILES string of the molecule is CCN(C(=O)CN(CC(N)=O)C1CCCC1)[C@@H]1CCS(=O)(=O)C1. The van der Waals surface area contributed by atoms with Crippen LogP contribution in [0.2, 0.25) is 0 Å². The van der Waals surface area contributed by atoms with Crippen LogP contribution in [0.5, 0.6) is 0 Å². The van der Waals surface area contributed by atoms with E-state index in [1.165, 1.54) is 0 Å². The normalized spacial score (nSPS) is 24.2. The van der Waals surface area contributed by atoms with E-state index in [0.29, 0.717) is 13.0 Å². The highest BCUT2D eigenvalue weighted by atomic mass is 32.2. The Balaban J connectivity index is 2.02. The summed E-state index contributed by atoms with van der Waals surface area (Å²) in [4.78, 5) is 27.5. The van der Waals surface area contributed by atoms with Crippen LogP contribution in [0.15, 0.2) is 0 Å². The topological polar surface area (TPSA) is 101 Å². The second-order valence-corrected chi connectivity index (χ2v) is 8.77. The van der Waals surface area contributed by atoms with Gasteiger partial charge in [-0.15, -0.1) is 0 Å². The molecule has 8 heteroatoms. The predicted molar refractivity (Wildman–Crippen MR) is 87.5 cm³/mol. The molecule has 0 aromatic rings. The minimum atomic E-state index is -3.03. The zero-order chi connectivity index (χ0) is 17.0. The Morgan fingerprint density at radius 1 is 1.09 bits per heavy atom. The number of carbonyl (C=O) groups excluding carboxylic acids is 2. The van der Waals surface area contributed by atoms with Crippen molar-refractivity contribution < 1.29 is 18.0 Å². The molecule has 0 bridgehead atoms. The fourth-order valence-electron chi connectivity index (χ4n) is 3.71. The molecule has 7 nitrogen and oxygen atoms in total. The first-order valence-electron chi connectivity index (χ1n) is 8.34. The molecule has 2 amide bonds. The molecule has 2 aliphatic rings. The van der Waals surface area contributed by atoms with Crippen molar-refractivity contribution in [3.63, 3.8) is 0 Å². The Bertz CT molecular complexity index is 543. The van der Waals surface area contributed by atoms with Gasteiger partial charge in [-0.3, -0.25) is 14.5 Å². The zero-order valence-corrected chi connectivity index (χ0v) is 14.6. The molecular formula is C15H27N3O4S. The van der Waals surface area contributed by atoms with Crippen molar-refractivity contribution in [3.8, 4) is 0 Å². The lowest BCUT2D eigenvalue weighted by atomic mass is 10.2. The Labute approximate surface area is 138 Å². The lowest BCUT2D eigenvalue weighted by molar-refractivity contribution is -0.135. The molecule has 2 rings (SSSR count). The van der Waals surface area contributed by atoms with Gasteiger partial charge < -0.3 is 10.6 Å². The molecular weight excluding hydrogens is 318 g/mol. The lowest BCUT2D eigenvalue weighted by Crippen LogP contribution is -2.50. The highest BCUT2D eigenvalue weighted by Gasteiger charge is 2.35. The van der Waals surface area contributed by atoms with E-state index in [1.54, 1.807) is 4.90 Å². The summed E-state index contributed by atoms with van der Waals surface area (Å²) >= 11 is 0. The Hall–Kier alpha value is -1.15. The van der Waals surface area contributed by atoms with Crippen molar-refractivity contribution in [2.45, 2.75) is 51.1 Å². The van der Waals surface area contributed by atoms with Crippen LogP contribution in [0, 0.1) is 0 Å². The van der Waals surface area contributed by atoms with Crippen LogP contribution < -0.4 is 5.73 Å². The van der Waals surface area contributed by atoms with E-state index in [1.807, 2.05) is 11.8 Å². The van der Waals surface area contributed by atoms with E-state index < -0.39 is 15.7 Å². The number of likely N-dealkylation sites (N-methyl/N-ethyl adjacent to an activating group) is 1. The predicted octanol–water partition coefficient (Wildman–Crippen LogP) is -0.248. The van der Waals surface area contributed by atoms with Gasteiger partial charge in [-0.05, 0) is 26.2 Å². The van der Waals surface area contributed by atoms with Gasteiger partial charge in [0.2, 0.25) is 11.8 Å². The molecule has 1 atom stereocenters. The molecule has 0 spiro atoms. The molecule has 2 fully saturated rings. The van der Waals surface area contributed by atoms with Crippen LogP contribution in [0.4, 0.5) is 0 Å². The number of primary amides is 1. The summed E-state index contributed by atoms with van der Waals surface area (Å²) in [6.45, 7) is 2.56. The van der Waals surface area contributed by atoms with Crippen LogP contribution >= 0.6 is 0 Å². The van der Waals surface area contributed by atoms with Crippen LogP contribution in [-0.4, -0.2) is 73.3 Å². The third-order valence-corrected chi connectivity index (χ3v) is 6.60. The Morgan fingerprint density at radius 2 is 1.74 bits per heavy atom. The Morgan fingerprint density at radius 3 is 2.22 bits per heavy atom. The number of hydrogen-bond acceptors (Lipinski definition) is 5. The molecule has 23 heavy (non-hydrogen) atoms. The maximum Gasteiger partial charge on any atom is 0.237 e. The Kier molecular flexibility index (Phi) is 6.02. The molecule has 2 N–H and O–H groups in total. The van der Waals surface area contributed by atoms with Gasteiger partial charge in [-0.2, -0.15) is 0 Å². The van der Waals surface area contributed by atoms with Gasteiger partial charge in [-0.25, -0.2) is 8.42 Å². The third kappa shape index (κ3) is 4.91. The van der Waals surface area contributed by atoms with Crippen molar-refractivity contribution in [1.29, 1.82) is 0 Å². The molecule has 1 saturated carbocycles. The van der Waals surface area contributed by atoms with Gasteiger partial charge in [0.05, 0.1) is 24.6 Å². The number of nitrogens with zero attached hydrogens (tertiary/aromatic N) is 2. The number of nitrogens with two attached hydrogens (primary N) is 1. The van der Waals surface area contributed by atoms with Crippen molar-refractivity contribution in [3.05, 3.63) is 0 Å². The van der Waals surface area contributed by atoms with Crippen molar-refractivity contribution in [1.82, 2.24) is 9.80 Å². The van der Waals surface area contributed by atoms with E-state index in [4.69, 9.17) is 5.73 Å². The first-order valence-corrected chi connectivity index (χ1v) is 10.2. The number of rotatable bonds is 7. The van der Waals surface area contributed by atoms with E-state index in [2.05, 4.69) is 0 Å². The molecule has 0 radical (unpaired) electrons. The second kappa shape index (κ2) is 7.61. The van der Waals surface area contributed by atoms with Crippen molar-refractivity contribution in [2.24, 2.45) is 5.73 Å². The van der Waals surface area contributed by atoms with Gasteiger partial charge in [0.25, 0.3) is 0 Å². The van der Waals surface area contributed by atoms with Gasteiger partial charge in [-0.1, -0.05) is 12.8 Å². The third-order valence-electron chi connectivity index (χ3n) is 4.85. The number of carbonyl (C=O) groups is 2. The quantitative estimate of drug-likeness (QED) is 0.686. The van der Waals surface area contributed by atoms with E-state index in [0.717, 1.165) is 25.7 Å². The standard InChI is InChI=1S/C15H27N3O4S/c1-2-18(13-7-8-23(21,22)11-13)15(20)10-17(9-14(16)19)12-5-3-4-6-12/h12-13H,2-11H2,1H3,(H2,16,19)/t13-/m1/s1. The van der Waals surface area contributed by atoms with E-state index in [9.17, 15) is 18.0 Å². The maximum atomic E-state index is 12.7. The van der Waals surface area contributed by atoms with Gasteiger partial charge >= 0.3 is 0 Å². The highest BCUT2D eigenvalue weighted by Crippen LogP contribution is 2.24. The van der Waals surface area contributed by atoms with Crippen LogP contribution in [0.25, 0.3) is 0 Å². The number of amides is 2. The van der Waals surface area contributed by atoms with Gasteiger partial charge in [0.15, 0.2) is 9.84 Å². The zero-order valence-electron chi connectivity index (χ0n) is 13.7. The lowest BCUT2D eigenvalue weighted by Gasteiger charge is -2.32. The molecule has 1 aliphatic heterocycles. The second-order valence-electron chi connectivity index (χ2n) is 6.55. The van der Waals surface area contributed by atoms with Crippen LogP contribution in [-0.2, 0) is 19.4 Å². The molecule has 0 aromatic heterocycles. The summed E-state index contributed by atoms with van der Waals surface area (Å²) in [7, 11) is -3.03. The summed E-state index contributed by atoms with van der Waals surface area (Å²) in [5, 5.41) is 0. The van der Waals surface area contributed by atoms with Crippen LogP contribution in [0.1, 0.15) is 39.0 Å². The summed E-state index contributed by atoms with van der Waals surface area (Å²) < 4.78 is 23.3. The van der Waals surface area contributed by atoms with Gasteiger partial charge in [0, 0.05) is 18.6 Å². The first kappa shape index (κ1) is 18.2. The molecule has 1 saturated heterocycles. The molecule has 1 heterocycles.